The highest BCUT2D eigenvalue weighted by Crippen LogP contribution is 2.26. The molecular formula is C14H10ClN3O2. The van der Waals surface area contributed by atoms with Crippen LogP contribution in [0.2, 0.25) is 5.28 Å². The summed E-state index contributed by atoms with van der Waals surface area (Å²) in [7, 11) is 1.60. The highest BCUT2D eigenvalue weighted by molar-refractivity contribution is 6.29. The van der Waals surface area contributed by atoms with Crippen LogP contribution in [-0.2, 0) is 0 Å². The fraction of sp³-hybridized carbons (Fsp3) is 0.0714. The van der Waals surface area contributed by atoms with E-state index in [-0.39, 0.29) is 0 Å². The quantitative estimate of drug-likeness (QED) is 0.695. The maximum Gasteiger partial charge on any atom is 0.209 e. The minimum atomic E-state index is 0.305. The van der Waals surface area contributed by atoms with Crippen molar-refractivity contribution in [2.24, 2.45) is 0 Å². The number of nitrogens with zero attached hydrogens (tertiary/aromatic N) is 3. The van der Waals surface area contributed by atoms with Gasteiger partial charge in [-0.15, -0.1) is 0 Å². The average Bonchev–Trinajstić information content (AvgIpc) is 2.82. The molecule has 3 aromatic rings. The van der Waals surface area contributed by atoms with E-state index in [1.54, 1.807) is 23.8 Å². The Balaban J connectivity index is 2.22. The Morgan fingerprint density at radius 1 is 1.30 bits per heavy atom. The standard InChI is InChI=1S/C14H10ClN3O2/c1-20-10-3-4-11-12(6-10)18(14(15)17-11)13-5-2-9(8-19)7-16-13/h2-8H,1H3. The lowest BCUT2D eigenvalue weighted by molar-refractivity contribution is 0.112. The van der Waals surface area contributed by atoms with Crippen molar-refractivity contribution in [2.45, 2.75) is 0 Å². The highest BCUT2D eigenvalue weighted by atomic mass is 35.5. The maximum absolute atomic E-state index is 10.7. The second-order valence-corrected chi connectivity index (χ2v) is 4.48. The van der Waals surface area contributed by atoms with E-state index in [1.807, 2.05) is 18.2 Å². The topological polar surface area (TPSA) is 57.0 Å². The number of fused-ring (bicyclic) bond motifs is 1. The number of pyridine rings is 1. The molecule has 3 rings (SSSR count). The van der Waals surface area contributed by atoms with Gasteiger partial charge in [0.2, 0.25) is 5.28 Å². The third kappa shape index (κ3) is 2.02. The predicted octanol–water partition coefficient (Wildman–Crippen LogP) is 2.90. The first-order chi connectivity index (χ1) is 9.72. The van der Waals surface area contributed by atoms with Gasteiger partial charge in [0, 0.05) is 17.8 Å². The van der Waals surface area contributed by atoms with Gasteiger partial charge in [0.05, 0.1) is 18.1 Å². The van der Waals surface area contributed by atoms with Crippen LogP contribution in [0.3, 0.4) is 0 Å². The third-order valence-electron chi connectivity index (χ3n) is 2.96. The van der Waals surface area contributed by atoms with Crippen molar-refractivity contribution in [2.75, 3.05) is 7.11 Å². The first-order valence-corrected chi connectivity index (χ1v) is 6.24. The van der Waals surface area contributed by atoms with Gasteiger partial charge in [-0.25, -0.2) is 9.97 Å². The minimum Gasteiger partial charge on any atom is -0.497 e. The molecule has 0 atom stereocenters. The van der Waals surface area contributed by atoms with Crippen molar-refractivity contribution in [1.29, 1.82) is 0 Å². The summed E-state index contributed by atoms with van der Waals surface area (Å²) >= 11 is 6.17. The summed E-state index contributed by atoms with van der Waals surface area (Å²) in [5.74, 6) is 1.30. The maximum atomic E-state index is 10.7. The minimum absolute atomic E-state index is 0.305. The zero-order chi connectivity index (χ0) is 14.1. The Labute approximate surface area is 119 Å². The molecule has 2 heterocycles. The van der Waals surface area contributed by atoms with Crippen LogP contribution in [0.15, 0.2) is 36.5 Å². The van der Waals surface area contributed by atoms with E-state index in [4.69, 9.17) is 16.3 Å². The summed E-state index contributed by atoms with van der Waals surface area (Å²) < 4.78 is 6.91. The van der Waals surface area contributed by atoms with Crippen LogP contribution in [0.4, 0.5) is 0 Å². The number of carbonyl (C=O) groups is 1. The van der Waals surface area contributed by atoms with Gasteiger partial charge in [0.1, 0.15) is 11.6 Å². The lowest BCUT2D eigenvalue weighted by Crippen LogP contribution is -1.98. The molecule has 20 heavy (non-hydrogen) atoms. The molecule has 0 amide bonds. The van der Waals surface area contributed by atoms with Crippen molar-refractivity contribution < 1.29 is 9.53 Å². The van der Waals surface area contributed by atoms with Crippen molar-refractivity contribution in [3.05, 3.63) is 47.4 Å². The zero-order valence-electron chi connectivity index (χ0n) is 10.6. The van der Waals surface area contributed by atoms with Gasteiger partial charge < -0.3 is 4.74 Å². The third-order valence-corrected chi connectivity index (χ3v) is 3.21. The molecule has 2 aromatic heterocycles. The first kappa shape index (κ1) is 12.6. The number of hydrogen-bond donors (Lipinski definition) is 0. The molecule has 1 aromatic carbocycles. The lowest BCUT2D eigenvalue weighted by atomic mass is 10.3. The Morgan fingerprint density at radius 2 is 2.15 bits per heavy atom. The van der Waals surface area contributed by atoms with E-state index < -0.39 is 0 Å². The Hall–Kier alpha value is -2.40. The molecule has 5 nitrogen and oxygen atoms in total. The van der Waals surface area contributed by atoms with Gasteiger partial charge in [0.25, 0.3) is 0 Å². The second-order valence-electron chi connectivity index (χ2n) is 4.14. The van der Waals surface area contributed by atoms with Gasteiger partial charge in [-0.1, -0.05) is 0 Å². The Morgan fingerprint density at radius 3 is 2.80 bits per heavy atom. The van der Waals surface area contributed by atoms with Gasteiger partial charge in [-0.3, -0.25) is 9.36 Å². The molecule has 0 bridgehead atoms. The number of benzene rings is 1. The summed E-state index contributed by atoms with van der Waals surface area (Å²) in [6, 6.07) is 8.88. The number of aromatic nitrogens is 3. The van der Waals surface area contributed by atoms with Crippen molar-refractivity contribution in [3.63, 3.8) is 0 Å². The van der Waals surface area contributed by atoms with Crippen LogP contribution >= 0.6 is 11.6 Å². The molecule has 0 saturated heterocycles. The van der Waals surface area contributed by atoms with Crippen molar-refractivity contribution in [1.82, 2.24) is 14.5 Å². The second kappa shape index (κ2) is 4.94. The van der Waals surface area contributed by atoms with Crippen LogP contribution in [0.25, 0.3) is 16.9 Å². The van der Waals surface area contributed by atoms with Crippen LogP contribution in [0, 0.1) is 0 Å². The largest absolute Gasteiger partial charge is 0.497 e. The monoisotopic (exact) mass is 287 g/mol. The van der Waals surface area contributed by atoms with Gasteiger partial charge >= 0.3 is 0 Å². The normalized spacial score (nSPS) is 10.7. The average molecular weight is 288 g/mol. The first-order valence-electron chi connectivity index (χ1n) is 5.86. The molecular weight excluding hydrogens is 278 g/mol. The number of carbonyl (C=O) groups excluding carboxylic acids is 1. The van der Waals surface area contributed by atoms with E-state index in [9.17, 15) is 4.79 Å². The summed E-state index contributed by atoms with van der Waals surface area (Å²) in [4.78, 5) is 19.2. The molecule has 0 N–H and O–H groups in total. The lowest BCUT2D eigenvalue weighted by Gasteiger charge is -2.05. The van der Waals surface area contributed by atoms with E-state index in [0.29, 0.717) is 22.4 Å². The van der Waals surface area contributed by atoms with Crippen LogP contribution in [0.5, 0.6) is 5.75 Å². The van der Waals surface area contributed by atoms with Crippen LogP contribution in [0.1, 0.15) is 10.4 Å². The number of halogens is 1. The van der Waals surface area contributed by atoms with Gasteiger partial charge in [-0.05, 0) is 35.9 Å². The Kier molecular flexibility index (Phi) is 3.12. The van der Waals surface area contributed by atoms with Crippen LogP contribution in [-0.4, -0.2) is 27.9 Å². The van der Waals surface area contributed by atoms with Crippen LogP contribution < -0.4 is 4.74 Å². The smallest absolute Gasteiger partial charge is 0.209 e. The molecule has 0 spiro atoms. The molecule has 0 aliphatic carbocycles. The SMILES string of the molecule is COc1ccc2nc(Cl)n(-c3ccc(C=O)cn3)c2c1. The van der Waals surface area contributed by atoms with Crippen molar-refractivity contribution in [3.8, 4) is 11.6 Å². The van der Waals surface area contributed by atoms with E-state index in [1.165, 1.54) is 6.20 Å². The summed E-state index contributed by atoms with van der Waals surface area (Å²) in [5, 5.41) is 0.305. The summed E-state index contributed by atoms with van der Waals surface area (Å²) in [6.07, 6.45) is 2.23. The number of imidazole rings is 1. The van der Waals surface area contributed by atoms with Gasteiger partial charge in [0.15, 0.2) is 6.29 Å². The number of aldehydes is 1. The predicted molar refractivity (Wildman–Crippen MR) is 75.8 cm³/mol. The molecule has 0 unspecified atom stereocenters. The van der Waals surface area contributed by atoms with Crippen molar-refractivity contribution >= 4 is 28.9 Å². The number of rotatable bonds is 3. The number of methoxy groups -OCH3 is 1. The highest BCUT2D eigenvalue weighted by Gasteiger charge is 2.12. The molecule has 0 radical (unpaired) electrons. The Bertz CT molecular complexity index is 781. The molecule has 0 saturated carbocycles. The molecule has 0 aliphatic heterocycles. The summed E-state index contributed by atoms with van der Waals surface area (Å²) in [6.45, 7) is 0. The summed E-state index contributed by atoms with van der Waals surface area (Å²) in [5.41, 5.74) is 2.05. The zero-order valence-corrected chi connectivity index (χ0v) is 11.3. The fourth-order valence-corrected chi connectivity index (χ4v) is 2.24. The van der Waals surface area contributed by atoms with E-state index >= 15 is 0 Å². The molecule has 100 valence electrons. The molecule has 0 aliphatic rings. The number of ether oxygens (including phenoxy) is 1. The van der Waals surface area contributed by atoms with E-state index in [2.05, 4.69) is 9.97 Å². The van der Waals surface area contributed by atoms with E-state index in [0.717, 1.165) is 17.3 Å². The fourth-order valence-electron chi connectivity index (χ4n) is 1.97. The molecule has 6 heteroatoms. The number of hydrogen-bond acceptors (Lipinski definition) is 4. The molecule has 0 fully saturated rings. The van der Waals surface area contributed by atoms with Gasteiger partial charge in [-0.2, -0.15) is 0 Å².